The van der Waals surface area contributed by atoms with E-state index < -0.39 is 0 Å². The second-order valence-electron chi connectivity index (χ2n) is 8.59. The molecule has 5 heteroatoms. The van der Waals surface area contributed by atoms with Crippen molar-refractivity contribution in [2.45, 2.75) is 79.9 Å². The zero-order valence-electron chi connectivity index (χ0n) is 17.9. The first-order chi connectivity index (χ1) is 12.5. The molecule has 1 aromatic heterocycles. The van der Waals surface area contributed by atoms with Gasteiger partial charge in [0.05, 0.1) is 26.0 Å². The molecule has 0 unspecified atom stereocenters. The number of benzene rings is 1. The minimum Gasteiger partial charge on any atom is -0.496 e. The molecule has 1 heterocycles. The van der Waals surface area contributed by atoms with Crippen LogP contribution in [0, 0.1) is 6.92 Å². The molecule has 28 heavy (non-hydrogen) atoms. The van der Waals surface area contributed by atoms with Gasteiger partial charge in [-0.05, 0) is 29.4 Å². The lowest BCUT2D eigenvalue weighted by molar-refractivity contribution is 0.272. The third kappa shape index (κ3) is 6.57. The molecule has 0 aliphatic carbocycles. The summed E-state index contributed by atoms with van der Waals surface area (Å²) in [6, 6.07) is 5.77. The van der Waals surface area contributed by atoms with Gasteiger partial charge in [-0.2, -0.15) is 0 Å². The summed E-state index contributed by atoms with van der Waals surface area (Å²) < 4.78 is 5.30. The molecule has 0 bridgehead atoms. The quantitative estimate of drug-likeness (QED) is 0.795. The first kappa shape index (κ1) is 26.0. The van der Waals surface area contributed by atoms with Gasteiger partial charge in [0.25, 0.3) is 0 Å². The van der Waals surface area contributed by atoms with Crippen LogP contribution in [-0.2, 0) is 24.0 Å². The summed E-state index contributed by atoms with van der Waals surface area (Å²) in [6.07, 6.45) is 1.50. The van der Waals surface area contributed by atoms with Crippen molar-refractivity contribution in [1.82, 2.24) is 9.97 Å². The first-order valence-electron chi connectivity index (χ1n) is 9.16. The lowest BCUT2D eigenvalue weighted by atomic mass is 9.83. The van der Waals surface area contributed by atoms with Crippen LogP contribution < -0.4 is 4.74 Å². The number of rotatable bonds is 3. The standard InChI is InChI=1S/C12H18O2.C10H16N2O.CH4/c1-12(2,3)11-9(8-13)6-5-7-10(11)14-4;1-7-9(10(2,3)4)8(5-13)12-6-11-7;/h5-7,13H,8H2,1-4H3;6,13H,5H2,1-4H3;1H4. The molecule has 5 nitrogen and oxygen atoms in total. The van der Waals surface area contributed by atoms with Gasteiger partial charge in [-0.1, -0.05) is 61.1 Å². The monoisotopic (exact) mass is 390 g/mol. The highest BCUT2D eigenvalue weighted by molar-refractivity contribution is 5.44. The van der Waals surface area contributed by atoms with Crippen molar-refractivity contribution in [3.63, 3.8) is 0 Å². The molecule has 1 aromatic carbocycles. The van der Waals surface area contributed by atoms with Gasteiger partial charge in [0, 0.05) is 16.8 Å². The zero-order chi connectivity index (χ0) is 20.8. The fourth-order valence-electron chi connectivity index (χ4n) is 3.35. The number of hydrogen-bond acceptors (Lipinski definition) is 5. The third-order valence-corrected chi connectivity index (χ3v) is 4.27. The largest absolute Gasteiger partial charge is 0.496 e. The Morgan fingerprint density at radius 1 is 0.893 bits per heavy atom. The number of aliphatic hydroxyl groups excluding tert-OH is 2. The molecule has 2 rings (SSSR count). The van der Waals surface area contributed by atoms with E-state index in [0.717, 1.165) is 33.8 Å². The van der Waals surface area contributed by atoms with Gasteiger partial charge in [0.2, 0.25) is 0 Å². The van der Waals surface area contributed by atoms with Crippen LogP contribution in [0.1, 0.15) is 77.0 Å². The number of nitrogens with zero attached hydrogens (tertiary/aromatic N) is 2. The lowest BCUT2D eigenvalue weighted by Crippen LogP contribution is -2.18. The van der Waals surface area contributed by atoms with Crippen LogP contribution in [0.5, 0.6) is 5.75 Å². The summed E-state index contributed by atoms with van der Waals surface area (Å²) in [4.78, 5) is 8.20. The van der Waals surface area contributed by atoms with Gasteiger partial charge >= 0.3 is 0 Å². The van der Waals surface area contributed by atoms with E-state index in [1.54, 1.807) is 7.11 Å². The van der Waals surface area contributed by atoms with Gasteiger partial charge in [0.1, 0.15) is 12.1 Å². The summed E-state index contributed by atoms with van der Waals surface area (Å²) in [5.74, 6) is 0.851. The maximum atomic E-state index is 9.25. The normalized spacial score (nSPS) is 11.2. The second kappa shape index (κ2) is 10.5. The fourth-order valence-corrected chi connectivity index (χ4v) is 3.35. The summed E-state index contributed by atoms with van der Waals surface area (Å²) in [5.41, 5.74) is 4.75. The number of aryl methyl sites for hydroxylation is 1. The Hall–Kier alpha value is -1.98. The average molecular weight is 391 g/mol. The maximum absolute atomic E-state index is 9.25. The molecule has 0 saturated heterocycles. The maximum Gasteiger partial charge on any atom is 0.122 e. The predicted molar refractivity (Wildman–Crippen MR) is 116 cm³/mol. The topological polar surface area (TPSA) is 75.5 Å². The van der Waals surface area contributed by atoms with Crippen molar-refractivity contribution < 1.29 is 14.9 Å². The molecule has 158 valence electrons. The highest BCUT2D eigenvalue weighted by Crippen LogP contribution is 2.34. The zero-order valence-corrected chi connectivity index (χ0v) is 17.9. The molecular formula is C23H38N2O3. The highest BCUT2D eigenvalue weighted by atomic mass is 16.5. The van der Waals surface area contributed by atoms with Crippen LogP contribution in [-0.4, -0.2) is 27.3 Å². The molecular weight excluding hydrogens is 352 g/mol. The summed E-state index contributed by atoms with van der Waals surface area (Å²) >= 11 is 0. The Kier molecular flexibility index (Phi) is 9.79. The van der Waals surface area contributed by atoms with Crippen LogP contribution in [0.2, 0.25) is 0 Å². The summed E-state index contributed by atoms with van der Waals surface area (Å²) in [6.45, 7) is 14.6. The first-order valence-corrected chi connectivity index (χ1v) is 9.16. The van der Waals surface area contributed by atoms with Gasteiger partial charge in [-0.15, -0.1) is 0 Å². The van der Waals surface area contributed by atoms with Crippen molar-refractivity contribution in [3.05, 3.63) is 52.6 Å². The Bertz CT molecular complexity index is 722. The molecule has 0 fully saturated rings. The molecule has 2 N–H and O–H groups in total. The average Bonchev–Trinajstić information content (AvgIpc) is 2.59. The Morgan fingerprint density at radius 2 is 1.46 bits per heavy atom. The number of aliphatic hydroxyl groups is 2. The molecule has 0 saturated carbocycles. The highest BCUT2D eigenvalue weighted by Gasteiger charge is 2.22. The minimum atomic E-state index is -0.0179. The van der Waals surface area contributed by atoms with E-state index in [2.05, 4.69) is 51.5 Å². The minimum absolute atomic E-state index is 0. The molecule has 0 aliphatic rings. The fraction of sp³-hybridized carbons (Fsp3) is 0.565. The van der Waals surface area contributed by atoms with E-state index in [9.17, 15) is 5.11 Å². The Morgan fingerprint density at radius 3 is 1.86 bits per heavy atom. The van der Waals surface area contributed by atoms with Crippen LogP contribution in [0.15, 0.2) is 24.5 Å². The number of aromatic nitrogens is 2. The van der Waals surface area contributed by atoms with E-state index in [-0.39, 0.29) is 31.5 Å². The van der Waals surface area contributed by atoms with Crippen LogP contribution >= 0.6 is 0 Å². The molecule has 2 aromatic rings. The summed E-state index contributed by atoms with van der Waals surface area (Å²) in [5, 5.41) is 18.4. The molecule has 0 radical (unpaired) electrons. The summed E-state index contributed by atoms with van der Waals surface area (Å²) in [7, 11) is 1.66. The van der Waals surface area contributed by atoms with Gasteiger partial charge < -0.3 is 14.9 Å². The second-order valence-corrected chi connectivity index (χ2v) is 8.59. The van der Waals surface area contributed by atoms with E-state index in [1.165, 1.54) is 6.33 Å². The predicted octanol–water partition coefficient (Wildman–Crippen LogP) is 4.70. The van der Waals surface area contributed by atoms with Crippen molar-refractivity contribution in [2.24, 2.45) is 0 Å². The van der Waals surface area contributed by atoms with Crippen molar-refractivity contribution in [1.29, 1.82) is 0 Å². The van der Waals surface area contributed by atoms with Gasteiger partial charge in [-0.3, -0.25) is 0 Å². The Balaban J connectivity index is 0.000000504. The third-order valence-electron chi connectivity index (χ3n) is 4.27. The van der Waals surface area contributed by atoms with E-state index >= 15 is 0 Å². The number of hydrogen-bond donors (Lipinski definition) is 2. The van der Waals surface area contributed by atoms with Crippen LogP contribution in [0.25, 0.3) is 0 Å². The van der Waals surface area contributed by atoms with Crippen LogP contribution in [0.3, 0.4) is 0 Å². The van der Waals surface area contributed by atoms with E-state index in [1.807, 2.05) is 25.1 Å². The molecule has 0 amide bonds. The number of methoxy groups -OCH3 is 1. The smallest absolute Gasteiger partial charge is 0.122 e. The molecule has 0 aliphatic heterocycles. The van der Waals surface area contributed by atoms with E-state index in [4.69, 9.17) is 9.84 Å². The van der Waals surface area contributed by atoms with Gasteiger partial charge in [-0.25, -0.2) is 9.97 Å². The molecule has 0 spiro atoms. The van der Waals surface area contributed by atoms with Crippen molar-refractivity contribution in [2.75, 3.05) is 7.11 Å². The lowest BCUT2D eigenvalue weighted by Gasteiger charge is -2.24. The molecule has 0 atom stereocenters. The van der Waals surface area contributed by atoms with E-state index in [0.29, 0.717) is 0 Å². The number of ether oxygens (including phenoxy) is 1. The van der Waals surface area contributed by atoms with Crippen molar-refractivity contribution in [3.8, 4) is 5.75 Å². The van der Waals surface area contributed by atoms with Gasteiger partial charge in [0.15, 0.2) is 0 Å². The van der Waals surface area contributed by atoms with Crippen LogP contribution in [0.4, 0.5) is 0 Å². The Labute approximate surface area is 170 Å². The SMILES string of the molecule is C.COc1cccc(CO)c1C(C)(C)C.Cc1ncnc(CO)c1C(C)(C)C. The van der Waals surface area contributed by atoms with Crippen molar-refractivity contribution >= 4 is 0 Å².